The quantitative estimate of drug-likeness (QED) is 0.409. The fourth-order valence-corrected chi connectivity index (χ4v) is 3.98. The number of nitrogens with two attached hydrogens (primary N) is 2. The van der Waals surface area contributed by atoms with Crippen molar-refractivity contribution in [3.63, 3.8) is 0 Å². The summed E-state index contributed by atoms with van der Waals surface area (Å²) in [4.78, 5) is 0. The van der Waals surface area contributed by atoms with E-state index in [9.17, 15) is 0 Å². The van der Waals surface area contributed by atoms with E-state index in [1.165, 1.54) is 11.1 Å². The molecule has 0 amide bonds. The van der Waals surface area contributed by atoms with E-state index < -0.39 is 0 Å². The smallest absolute Gasteiger partial charge is 0.0323 e. The van der Waals surface area contributed by atoms with Crippen molar-refractivity contribution in [1.82, 2.24) is 0 Å². The Kier molecular flexibility index (Phi) is 4.62. The predicted molar refractivity (Wildman–Crippen MR) is 121 cm³/mol. The van der Waals surface area contributed by atoms with Crippen LogP contribution in [0, 0.1) is 13.8 Å². The van der Waals surface area contributed by atoms with Crippen LogP contribution in [0.15, 0.2) is 84.9 Å². The molecule has 0 radical (unpaired) electrons. The van der Waals surface area contributed by atoms with Gasteiger partial charge in [0.15, 0.2) is 0 Å². The van der Waals surface area contributed by atoms with Crippen LogP contribution in [0.4, 0.5) is 11.4 Å². The zero-order chi connectivity index (χ0) is 19.7. The number of rotatable bonds is 3. The van der Waals surface area contributed by atoms with Crippen LogP contribution < -0.4 is 11.5 Å². The predicted octanol–water partition coefficient (Wildman–Crippen LogP) is 6.47. The molecule has 0 fully saturated rings. The average Bonchev–Trinajstić information content (AvgIpc) is 2.69. The topological polar surface area (TPSA) is 52.0 Å². The van der Waals surface area contributed by atoms with E-state index in [0.29, 0.717) is 0 Å². The van der Waals surface area contributed by atoms with E-state index in [-0.39, 0.29) is 0 Å². The molecule has 0 spiro atoms. The average molecular weight is 364 g/mol. The molecule has 0 aliphatic rings. The minimum absolute atomic E-state index is 0.773. The molecule has 0 bridgehead atoms. The summed E-state index contributed by atoms with van der Waals surface area (Å²) < 4.78 is 0. The molecule has 0 saturated carbocycles. The second-order valence-corrected chi connectivity index (χ2v) is 7.25. The molecular formula is C26H24N2. The summed E-state index contributed by atoms with van der Waals surface area (Å²) >= 11 is 0. The van der Waals surface area contributed by atoms with Crippen molar-refractivity contribution in [2.45, 2.75) is 13.8 Å². The monoisotopic (exact) mass is 364 g/mol. The number of anilines is 2. The summed E-state index contributed by atoms with van der Waals surface area (Å²) in [6.07, 6.45) is 0. The summed E-state index contributed by atoms with van der Waals surface area (Å²) in [5.41, 5.74) is 23.3. The van der Waals surface area contributed by atoms with E-state index in [1.54, 1.807) is 0 Å². The van der Waals surface area contributed by atoms with E-state index in [1.807, 2.05) is 24.3 Å². The summed E-state index contributed by atoms with van der Waals surface area (Å²) in [6, 6.07) is 29.1. The first-order valence-corrected chi connectivity index (χ1v) is 9.46. The molecule has 0 unspecified atom stereocenters. The third-order valence-corrected chi connectivity index (χ3v) is 5.14. The van der Waals surface area contributed by atoms with Crippen molar-refractivity contribution in [3.8, 4) is 33.4 Å². The molecule has 2 heteroatoms. The molecule has 0 aliphatic carbocycles. The first-order valence-electron chi connectivity index (χ1n) is 9.46. The summed E-state index contributed by atoms with van der Waals surface area (Å²) in [5, 5.41) is 0. The lowest BCUT2D eigenvalue weighted by Crippen LogP contribution is -1.99. The maximum Gasteiger partial charge on any atom is 0.0323 e. The van der Waals surface area contributed by atoms with Crippen molar-refractivity contribution in [1.29, 1.82) is 0 Å². The molecule has 0 aromatic heterocycles. The fourth-order valence-electron chi connectivity index (χ4n) is 3.98. The second-order valence-electron chi connectivity index (χ2n) is 7.25. The van der Waals surface area contributed by atoms with Gasteiger partial charge in [0.25, 0.3) is 0 Å². The lowest BCUT2D eigenvalue weighted by Gasteiger charge is -2.21. The van der Waals surface area contributed by atoms with Gasteiger partial charge in [-0.2, -0.15) is 0 Å². The maximum atomic E-state index is 6.24. The van der Waals surface area contributed by atoms with Crippen molar-refractivity contribution in [2.24, 2.45) is 0 Å². The van der Waals surface area contributed by atoms with Gasteiger partial charge >= 0.3 is 0 Å². The van der Waals surface area contributed by atoms with E-state index in [4.69, 9.17) is 11.5 Å². The number of nitrogen functional groups attached to an aromatic ring is 2. The molecule has 4 aromatic carbocycles. The van der Waals surface area contributed by atoms with Gasteiger partial charge < -0.3 is 11.5 Å². The highest BCUT2D eigenvalue weighted by Gasteiger charge is 2.18. The fraction of sp³-hybridized carbons (Fsp3) is 0.0769. The van der Waals surface area contributed by atoms with Crippen molar-refractivity contribution in [3.05, 3.63) is 96.1 Å². The van der Waals surface area contributed by atoms with Gasteiger partial charge in [0.1, 0.15) is 0 Å². The van der Waals surface area contributed by atoms with Crippen LogP contribution >= 0.6 is 0 Å². The van der Waals surface area contributed by atoms with E-state index in [2.05, 4.69) is 74.5 Å². The molecule has 138 valence electrons. The van der Waals surface area contributed by atoms with Crippen molar-refractivity contribution < 1.29 is 0 Å². The Morgan fingerprint density at radius 1 is 0.500 bits per heavy atom. The lowest BCUT2D eigenvalue weighted by molar-refractivity contribution is 1.40. The molecule has 0 aliphatic heterocycles. The molecule has 4 aromatic rings. The molecule has 28 heavy (non-hydrogen) atoms. The molecular weight excluding hydrogens is 340 g/mol. The Labute approximate surface area is 166 Å². The number of hydrogen-bond acceptors (Lipinski definition) is 2. The summed E-state index contributed by atoms with van der Waals surface area (Å²) in [7, 11) is 0. The number of benzene rings is 4. The van der Waals surface area contributed by atoms with Gasteiger partial charge in [0.05, 0.1) is 0 Å². The van der Waals surface area contributed by atoms with Crippen molar-refractivity contribution >= 4 is 11.4 Å². The largest absolute Gasteiger partial charge is 0.399 e. The van der Waals surface area contributed by atoms with Gasteiger partial charge in [-0.3, -0.25) is 0 Å². The Morgan fingerprint density at radius 2 is 0.857 bits per heavy atom. The van der Waals surface area contributed by atoms with Crippen LogP contribution in [0.25, 0.3) is 33.4 Å². The SMILES string of the molecule is Cc1cc(N)cc(-c2ccccc2)c1-c1c(C)cc(N)cc1-c1ccccc1. The highest BCUT2D eigenvalue weighted by molar-refractivity contribution is 5.96. The molecule has 4 rings (SSSR count). The van der Waals surface area contributed by atoms with Gasteiger partial charge in [-0.05, 0) is 82.6 Å². The molecule has 0 saturated heterocycles. The number of hydrogen-bond donors (Lipinski definition) is 2. The van der Waals surface area contributed by atoms with Crippen LogP contribution in [-0.4, -0.2) is 0 Å². The first kappa shape index (κ1) is 17.9. The molecule has 0 atom stereocenters. The zero-order valence-electron chi connectivity index (χ0n) is 16.2. The van der Waals surface area contributed by atoms with Crippen LogP contribution in [0.1, 0.15) is 11.1 Å². The van der Waals surface area contributed by atoms with E-state index >= 15 is 0 Å². The first-order chi connectivity index (χ1) is 13.5. The molecule has 0 heterocycles. The van der Waals surface area contributed by atoms with Crippen molar-refractivity contribution in [2.75, 3.05) is 11.5 Å². The minimum Gasteiger partial charge on any atom is -0.399 e. The lowest BCUT2D eigenvalue weighted by atomic mass is 9.84. The van der Waals surface area contributed by atoms with Gasteiger partial charge in [0, 0.05) is 11.4 Å². The Hall–Kier alpha value is -3.52. The zero-order valence-corrected chi connectivity index (χ0v) is 16.2. The Balaban J connectivity index is 2.09. The minimum atomic E-state index is 0.773. The normalized spacial score (nSPS) is 10.8. The summed E-state index contributed by atoms with van der Waals surface area (Å²) in [6.45, 7) is 4.26. The van der Waals surface area contributed by atoms with Gasteiger partial charge in [-0.25, -0.2) is 0 Å². The summed E-state index contributed by atoms with van der Waals surface area (Å²) in [5.74, 6) is 0. The van der Waals surface area contributed by atoms with Crippen LogP contribution in [0.3, 0.4) is 0 Å². The van der Waals surface area contributed by atoms with Crippen LogP contribution in [0.5, 0.6) is 0 Å². The second kappa shape index (κ2) is 7.24. The molecule has 2 nitrogen and oxygen atoms in total. The molecule has 4 N–H and O–H groups in total. The third-order valence-electron chi connectivity index (χ3n) is 5.14. The highest BCUT2D eigenvalue weighted by Crippen LogP contribution is 2.43. The van der Waals surface area contributed by atoms with Crippen LogP contribution in [-0.2, 0) is 0 Å². The Bertz CT molecular complexity index is 1040. The van der Waals surface area contributed by atoms with Gasteiger partial charge in [-0.15, -0.1) is 0 Å². The number of aryl methyl sites for hydroxylation is 2. The maximum absolute atomic E-state index is 6.24. The van der Waals surface area contributed by atoms with Gasteiger partial charge in [-0.1, -0.05) is 60.7 Å². The standard InChI is InChI=1S/C26H24N2/c1-17-13-21(27)15-23(19-9-5-3-6-10-19)25(17)26-18(2)14-22(28)16-24(26)20-11-7-4-8-12-20/h3-16H,27-28H2,1-2H3. The Morgan fingerprint density at radius 3 is 1.21 bits per heavy atom. The van der Waals surface area contributed by atoms with Crippen LogP contribution in [0.2, 0.25) is 0 Å². The van der Waals surface area contributed by atoms with E-state index in [0.717, 1.165) is 44.8 Å². The third kappa shape index (κ3) is 3.25. The van der Waals surface area contributed by atoms with Gasteiger partial charge in [0.2, 0.25) is 0 Å². The highest BCUT2D eigenvalue weighted by atomic mass is 14.6.